The summed E-state index contributed by atoms with van der Waals surface area (Å²) in [6.45, 7) is 4.34. The van der Waals surface area contributed by atoms with Gasteiger partial charge in [-0.05, 0) is 49.7 Å². The van der Waals surface area contributed by atoms with Gasteiger partial charge in [0.2, 0.25) is 11.8 Å². The Morgan fingerprint density at radius 1 is 1.26 bits per heavy atom. The number of nitrogens with one attached hydrogen (secondary N) is 1. The maximum Gasteiger partial charge on any atom is 0.238 e. The maximum atomic E-state index is 13.2. The summed E-state index contributed by atoms with van der Waals surface area (Å²) in [4.78, 5) is 28.1. The average Bonchev–Trinajstić information content (AvgIpc) is 2.63. The van der Waals surface area contributed by atoms with E-state index in [-0.39, 0.29) is 17.7 Å². The molecule has 0 spiro atoms. The highest BCUT2D eigenvalue weighted by molar-refractivity contribution is 9.10. The number of amides is 2. The zero-order valence-corrected chi connectivity index (χ0v) is 16.8. The number of anilines is 1. The van der Waals surface area contributed by atoms with Gasteiger partial charge >= 0.3 is 0 Å². The molecule has 0 aromatic heterocycles. The van der Waals surface area contributed by atoms with Crippen LogP contribution in [-0.4, -0.2) is 29.0 Å². The van der Waals surface area contributed by atoms with Gasteiger partial charge in [0, 0.05) is 29.0 Å². The van der Waals surface area contributed by atoms with Crippen LogP contribution in [0.1, 0.15) is 31.7 Å². The summed E-state index contributed by atoms with van der Waals surface area (Å²) < 4.78 is 7.12. The highest BCUT2D eigenvalue weighted by Crippen LogP contribution is 2.50. The van der Waals surface area contributed by atoms with E-state index < -0.39 is 11.6 Å². The van der Waals surface area contributed by atoms with Crippen LogP contribution >= 0.6 is 15.9 Å². The van der Waals surface area contributed by atoms with Gasteiger partial charge in [-0.15, -0.1) is 0 Å². The molecule has 2 aromatic rings. The number of ether oxygens (including phenoxy) is 1. The zero-order chi connectivity index (χ0) is 19.2. The third-order valence-corrected chi connectivity index (χ3v) is 5.99. The van der Waals surface area contributed by atoms with E-state index in [4.69, 9.17) is 4.74 Å². The van der Waals surface area contributed by atoms with Crippen molar-refractivity contribution in [2.24, 2.45) is 5.92 Å². The lowest BCUT2D eigenvalue weighted by molar-refractivity contribution is -0.174. The lowest BCUT2D eigenvalue weighted by atomic mass is 9.73. The van der Waals surface area contributed by atoms with Gasteiger partial charge in [-0.25, -0.2) is 0 Å². The topological polar surface area (TPSA) is 58.6 Å². The van der Waals surface area contributed by atoms with Crippen molar-refractivity contribution in [3.8, 4) is 5.75 Å². The Labute approximate surface area is 166 Å². The number of hydrogen-bond donors (Lipinski definition) is 1. The molecule has 6 heteroatoms. The number of hydrogen-bond acceptors (Lipinski definition) is 3. The normalized spacial score (nSPS) is 26.2. The van der Waals surface area contributed by atoms with Crippen molar-refractivity contribution < 1.29 is 14.3 Å². The number of nitrogens with zero attached hydrogens (tertiary/aromatic N) is 1. The van der Waals surface area contributed by atoms with Gasteiger partial charge in [-0.3, -0.25) is 9.59 Å². The molecule has 2 aromatic carbocycles. The van der Waals surface area contributed by atoms with Gasteiger partial charge in [0.05, 0.1) is 0 Å². The van der Waals surface area contributed by atoms with E-state index in [1.165, 1.54) is 0 Å². The summed E-state index contributed by atoms with van der Waals surface area (Å²) in [5.41, 5.74) is 0.877. The monoisotopic (exact) mass is 428 g/mol. The molecular weight excluding hydrogens is 408 g/mol. The number of carbonyl (C=O) groups is 2. The fourth-order valence-corrected chi connectivity index (χ4v) is 4.51. The van der Waals surface area contributed by atoms with Gasteiger partial charge in [0.1, 0.15) is 11.7 Å². The Morgan fingerprint density at radius 3 is 2.67 bits per heavy atom. The molecule has 2 aliphatic rings. The number of benzene rings is 2. The summed E-state index contributed by atoms with van der Waals surface area (Å²) in [6, 6.07) is 15.0. The fraction of sp³-hybridized carbons (Fsp3) is 0.333. The van der Waals surface area contributed by atoms with Crippen LogP contribution in [0.25, 0.3) is 0 Å². The standard InChI is InChI=1S/C21H21BrN2O3/c1-3-24-20(26)18(19(25)23-14-10-8-13(22)9-11-14)16-12-21(24,2)27-17-7-5-4-6-15(16)17/h4-11,16,18H,3,12H2,1-2H3,(H,23,25). The van der Waals surface area contributed by atoms with Gasteiger partial charge < -0.3 is 15.0 Å². The van der Waals surface area contributed by atoms with Crippen molar-refractivity contribution in [2.75, 3.05) is 11.9 Å². The quantitative estimate of drug-likeness (QED) is 0.746. The van der Waals surface area contributed by atoms with Crippen molar-refractivity contribution in [2.45, 2.75) is 31.9 Å². The Morgan fingerprint density at radius 2 is 1.96 bits per heavy atom. The number of rotatable bonds is 3. The van der Waals surface area contributed by atoms with Gasteiger partial charge in [-0.2, -0.15) is 0 Å². The minimum absolute atomic E-state index is 0.180. The molecule has 2 heterocycles. The summed E-state index contributed by atoms with van der Waals surface area (Å²) >= 11 is 3.39. The summed E-state index contributed by atoms with van der Waals surface area (Å²) in [5, 5.41) is 2.91. The molecule has 1 N–H and O–H groups in total. The second-order valence-electron chi connectivity index (χ2n) is 7.18. The van der Waals surface area contributed by atoms with E-state index in [9.17, 15) is 9.59 Å². The summed E-state index contributed by atoms with van der Waals surface area (Å²) in [7, 11) is 0. The maximum absolute atomic E-state index is 13.2. The molecule has 2 amide bonds. The van der Waals surface area contributed by atoms with Crippen molar-refractivity contribution >= 4 is 33.4 Å². The third kappa shape index (κ3) is 3.02. The average molecular weight is 429 g/mol. The first-order chi connectivity index (χ1) is 12.9. The Hall–Kier alpha value is -2.34. The van der Waals surface area contributed by atoms with E-state index in [1.54, 1.807) is 4.90 Å². The van der Waals surface area contributed by atoms with E-state index in [0.29, 0.717) is 18.7 Å². The first-order valence-corrected chi connectivity index (χ1v) is 9.88. The molecule has 27 heavy (non-hydrogen) atoms. The molecule has 3 unspecified atom stereocenters. The van der Waals surface area contributed by atoms with Crippen molar-refractivity contribution in [1.29, 1.82) is 0 Å². The Kier molecular flexibility index (Phi) is 4.46. The van der Waals surface area contributed by atoms with Crippen LogP contribution in [0.5, 0.6) is 5.75 Å². The minimum atomic E-state index is -0.772. The predicted molar refractivity (Wildman–Crippen MR) is 106 cm³/mol. The molecule has 1 fully saturated rings. The lowest BCUT2D eigenvalue weighted by Gasteiger charge is -2.52. The first-order valence-electron chi connectivity index (χ1n) is 9.09. The van der Waals surface area contributed by atoms with Gasteiger partial charge in [-0.1, -0.05) is 34.1 Å². The number of fused-ring (bicyclic) bond motifs is 4. The second kappa shape index (κ2) is 6.68. The molecule has 0 saturated carbocycles. The van der Waals surface area contributed by atoms with Crippen LogP contribution in [0.4, 0.5) is 5.69 Å². The van der Waals surface area contributed by atoms with Gasteiger partial charge in [0.15, 0.2) is 5.72 Å². The van der Waals surface area contributed by atoms with E-state index in [0.717, 1.165) is 15.8 Å². The molecule has 3 atom stereocenters. The van der Waals surface area contributed by atoms with Crippen LogP contribution in [0.15, 0.2) is 53.0 Å². The van der Waals surface area contributed by atoms with Crippen LogP contribution in [0.2, 0.25) is 0 Å². The molecule has 0 radical (unpaired) electrons. The van der Waals surface area contributed by atoms with E-state index >= 15 is 0 Å². The summed E-state index contributed by atoms with van der Waals surface area (Å²) in [6.07, 6.45) is 0.599. The Bertz CT molecular complexity index is 899. The van der Waals surface area contributed by atoms with E-state index in [2.05, 4.69) is 21.2 Å². The molecule has 4 rings (SSSR count). The molecule has 5 nitrogen and oxygen atoms in total. The van der Waals surface area contributed by atoms with Crippen LogP contribution in [0, 0.1) is 5.92 Å². The molecular formula is C21H21BrN2O3. The van der Waals surface area contributed by atoms with Gasteiger partial charge in [0.25, 0.3) is 0 Å². The molecule has 0 aliphatic carbocycles. The number of halogens is 1. The van der Waals surface area contributed by atoms with E-state index in [1.807, 2.05) is 62.4 Å². The number of para-hydroxylation sites is 1. The minimum Gasteiger partial charge on any atom is -0.468 e. The molecule has 1 saturated heterocycles. The first kappa shape index (κ1) is 18.0. The van der Waals surface area contributed by atoms with Crippen molar-refractivity contribution in [3.63, 3.8) is 0 Å². The summed E-state index contributed by atoms with van der Waals surface area (Å²) in [5.74, 6) is -0.675. The molecule has 140 valence electrons. The second-order valence-corrected chi connectivity index (χ2v) is 8.10. The fourth-order valence-electron chi connectivity index (χ4n) is 4.25. The third-order valence-electron chi connectivity index (χ3n) is 5.46. The highest BCUT2D eigenvalue weighted by atomic mass is 79.9. The van der Waals surface area contributed by atoms with Crippen molar-refractivity contribution in [3.05, 3.63) is 58.6 Å². The Balaban J connectivity index is 1.72. The highest BCUT2D eigenvalue weighted by Gasteiger charge is 2.55. The zero-order valence-electron chi connectivity index (χ0n) is 15.2. The smallest absolute Gasteiger partial charge is 0.238 e. The number of piperidine rings is 1. The van der Waals surface area contributed by atoms with Crippen LogP contribution in [-0.2, 0) is 9.59 Å². The lowest BCUT2D eigenvalue weighted by Crippen LogP contribution is -2.64. The SMILES string of the molecule is CCN1C(=O)C(C(=O)Nc2ccc(Br)cc2)C2CC1(C)Oc1ccccc12. The van der Waals surface area contributed by atoms with Crippen molar-refractivity contribution in [1.82, 2.24) is 4.90 Å². The van der Waals surface area contributed by atoms with Crippen LogP contribution < -0.4 is 10.1 Å². The molecule has 2 aliphatic heterocycles. The largest absolute Gasteiger partial charge is 0.468 e. The number of likely N-dealkylation sites (tertiary alicyclic amines) is 1. The number of carbonyl (C=O) groups excluding carboxylic acids is 2. The van der Waals surface area contributed by atoms with Crippen LogP contribution in [0.3, 0.4) is 0 Å². The molecule has 2 bridgehead atoms. The predicted octanol–water partition coefficient (Wildman–Crippen LogP) is 4.15.